The largest absolute Gasteiger partial charge is 0.307 e. The van der Waals surface area contributed by atoms with Gasteiger partial charge in [0.2, 0.25) is 0 Å². The summed E-state index contributed by atoms with van der Waals surface area (Å²) in [5.41, 5.74) is 2.22. The van der Waals surface area contributed by atoms with E-state index in [0.717, 1.165) is 18.8 Å². The Morgan fingerprint density at radius 2 is 1.95 bits per heavy atom. The van der Waals surface area contributed by atoms with Crippen molar-refractivity contribution in [3.8, 4) is 0 Å². The highest BCUT2D eigenvalue weighted by Crippen LogP contribution is 2.17. The minimum absolute atomic E-state index is 0.718. The van der Waals surface area contributed by atoms with Crippen molar-refractivity contribution in [1.29, 1.82) is 0 Å². The lowest BCUT2D eigenvalue weighted by Gasteiger charge is -2.07. The lowest BCUT2D eigenvalue weighted by Crippen LogP contribution is -2.14. The van der Waals surface area contributed by atoms with Gasteiger partial charge in [-0.1, -0.05) is 18.2 Å². The van der Waals surface area contributed by atoms with Crippen molar-refractivity contribution < 1.29 is 0 Å². The van der Waals surface area contributed by atoms with Gasteiger partial charge in [-0.25, -0.2) is 0 Å². The quantitative estimate of drug-likeness (QED) is 0.772. The minimum atomic E-state index is 0.718. The molecule has 2 aromatic heterocycles. The molecule has 2 heterocycles. The molecule has 0 saturated heterocycles. The smallest absolute Gasteiger partial charge is 0.0769 e. The molecular formula is C15H14N4. The second kappa shape index (κ2) is 5.54. The molecule has 0 saturated carbocycles. The van der Waals surface area contributed by atoms with Crippen LogP contribution in [0.15, 0.2) is 55.0 Å². The molecule has 4 heteroatoms. The van der Waals surface area contributed by atoms with E-state index < -0.39 is 0 Å². The predicted octanol–water partition coefficient (Wildman–Crippen LogP) is 2.31. The molecule has 0 fully saturated rings. The van der Waals surface area contributed by atoms with Gasteiger partial charge in [-0.15, -0.1) is 0 Å². The number of nitrogens with zero attached hydrogens (tertiary/aromatic N) is 3. The summed E-state index contributed by atoms with van der Waals surface area (Å²) in [5, 5.41) is 13.7. The standard InChI is InChI=1S/C15H14N4/c1-3-12-9-16-8-6-15(12)13(4-1)10-17-11-14-5-2-7-18-19-14/h1-9,17H,10-11H2. The maximum Gasteiger partial charge on any atom is 0.0769 e. The highest BCUT2D eigenvalue weighted by Gasteiger charge is 2.00. The Morgan fingerprint density at radius 1 is 0.947 bits per heavy atom. The van der Waals surface area contributed by atoms with Crippen LogP contribution in [-0.2, 0) is 13.1 Å². The van der Waals surface area contributed by atoms with Gasteiger partial charge in [0, 0.05) is 37.1 Å². The van der Waals surface area contributed by atoms with Gasteiger partial charge in [0.25, 0.3) is 0 Å². The average Bonchev–Trinajstić information content (AvgIpc) is 2.49. The van der Waals surface area contributed by atoms with Crippen molar-refractivity contribution in [2.24, 2.45) is 0 Å². The maximum atomic E-state index is 4.14. The van der Waals surface area contributed by atoms with Crippen LogP contribution in [0.3, 0.4) is 0 Å². The molecule has 0 bridgehead atoms. The third-order valence-electron chi connectivity index (χ3n) is 3.02. The lowest BCUT2D eigenvalue weighted by atomic mass is 10.1. The SMILES string of the molecule is c1cnnc(CNCc2cccc3cnccc23)c1. The van der Waals surface area contributed by atoms with Crippen LogP contribution >= 0.6 is 0 Å². The number of hydrogen-bond acceptors (Lipinski definition) is 4. The molecule has 1 N–H and O–H groups in total. The van der Waals surface area contributed by atoms with Crippen LogP contribution in [0.4, 0.5) is 0 Å². The van der Waals surface area contributed by atoms with E-state index in [0.29, 0.717) is 0 Å². The van der Waals surface area contributed by atoms with Crippen LogP contribution in [0, 0.1) is 0 Å². The van der Waals surface area contributed by atoms with Crippen LogP contribution in [0.1, 0.15) is 11.3 Å². The Kier molecular flexibility index (Phi) is 3.42. The summed E-state index contributed by atoms with van der Waals surface area (Å²) in [5.74, 6) is 0. The summed E-state index contributed by atoms with van der Waals surface area (Å²) in [7, 11) is 0. The fraction of sp³-hybridized carbons (Fsp3) is 0.133. The summed E-state index contributed by atoms with van der Waals surface area (Å²) in [6.45, 7) is 1.52. The molecular weight excluding hydrogens is 236 g/mol. The summed E-state index contributed by atoms with van der Waals surface area (Å²) < 4.78 is 0. The Labute approximate surface area is 111 Å². The lowest BCUT2D eigenvalue weighted by molar-refractivity contribution is 0.673. The van der Waals surface area contributed by atoms with E-state index in [-0.39, 0.29) is 0 Å². The normalized spacial score (nSPS) is 10.7. The van der Waals surface area contributed by atoms with Crippen molar-refractivity contribution in [3.05, 3.63) is 66.2 Å². The molecule has 3 aromatic rings. The van der Waals surface area contributed by atoms with E-state index in [1.165, 1.54) is 16.3 Å². The van der Waals surface area contributed by atoms with Crippen molar-refractivity contribution in [2.45, 2.75) is 13.1 Å². The molecule has 3 rings (SSSR count). The number of hydrogen-bond donors (Lipinski definition) is 1. The Balaban J connectivity index is 1.72. The Morgan fingerprint density at radius 3 is 2.84 bits per heavy atom. The molecule has 0 atom stereocenters. The molecule has 94 valence electrons. The molecule has 19 heavy (non-hydrogen) atoms. The van der Waals surface area contributed by atoms with Crippen LogP contribution in [0.5, 0.6) is 0 Å². The summed E-state index contributed by atoms with van der Waals surface area (Å²) >= 11 is 0. The monoisotopic (exact) mass is 250 g/mol. The molecule has 0 aliphatic carbocycles. The van der Waals surface area contributed by atoms with E-state index >= 15 is 0 Å². The van der Waals surface area contributed by atoms with Crippen molar-refractivity contribution >= 4 is 10.8 Å². The van der Waals surface area contributed by atoms with Gasteiger partial charge in [-0.3, -0.25) is 4.98 Å². The number of benzene rings is 1. The fourth-order valence-corrected chi connectivity index (χ4v) is 2.10. The third kappa shape index (κ3) is 2.74. The molecule has 0 spiro atoms. The first-order chi connectivity index (χ1) is 9.43. The van der Waals surface area contributed by atoms with E-state index in [1.807, 2.05) is 24.5 Å². The molecule has 1 aromatic carbocycles. The predicted molar refractivity (Wildman–Crippen MR) is 74.3 cm³/mol. The van der Waals surface area contributed by atoms with Gasteiger partial charge in [-0.05, 0) is 29.1 Å². The first-order valence-electron chi connectivity index (χ1n) is 6.22. The topological polar surface area (TPSA) is 50.7 Å². The number of pyridine rings is 1. The number of fused-ring (bicyclic) bond motifs is 1. The highest BCUT2D eigenvalue weighted by atomic mass is 15.1. The molecule has 4 nitrogen and oxygen atoms in total. The number of aromatic nitrogens is 3. The zero-order valence-electron chi connectivity index (χ0n) is 10.5. The van der Waals surface area contributed by atoms with E-state index in [2.05, 4.69) is 44.8 Å². The van der Waals surface area contributed by atoms with Crippen LogP contribution in [0.2, 0.25) is 0 Å². The zero-order chi connectivity index (χ0) is 12.9. The molecule has 0 radical (unpaired) electrons. The van der Waals surface area contributed by atoms with Crippen LogP contribution in [0.25, 0.3) is 10.8 Å². The van der Waals surface area contributed by atoms with Gasteiger partial charge in [0.1, 0.15) is 0 Å². The zero-order valence-corrected chi connectivity index (χ0v) is 10.5. The summed E-state index contributed by atoms with van der Waals surface area (Å²) in [6.07, 6.45) is 5.40. The summed E-state index contributed by atoms with van der Waals surface area (Å²) in [4.78, 5) is 4.14. The highest BCUT2D eigenvalue weighted by molar-refractivity contribution is 5.84. The summed E-state index contributed by atoms with van der Waals surface area (Å²) in [6, 6.07) is 12.2. The van der Waals surface area contributed by atoms with Gasteiger partial charge < -0.3 is 5.32 Å². The van der Waals surface area contributed by atoms with Gasteiger partial charge in [0.15, 0.2) is 0 Å². The number of rotatable bonds is 4. The van der Waals surface area contributed by atoms with Crippen molar-refractivity contribution in [2.75, 3.05) is 0 Å². The first kappa shape index (κ1) is 11.7. The average molecular weight is 250 g/mol. The second-order valence-corrected chi connectivity index (χ2v) is 4.33. The van der Waals surface area contributed by atoms with Crippen molar-refractivity contribution in [1.82, 2.24) is 20.5 Å². The van der Waals surface area contributed by atoms with Crippen LogP contribution < -0.4 is 5.32 Å². The Bertz CT molecular complexity index is 662. The first-order valence-corrected chi connectivity index (χ1v) is 6.22. The van der Waals surface area contributed by atoms with Gasteiger partial charge >= 0.3 is 0 Å². The second-order valence-electron chi connectivity index (χ2n) is 4.33. The van der Waals surface area contributed by atoms with E-state index in [9.17, 15) is 0 Å². The molecule has 0 amide bonds. The molecule has 0 aliphatic rings. The molecule has 0 unspecified atom stereocenters. The third-order valence-corrected chi connectivity index (χ3v) is 3.02. The Hall–Kier alpha value is -2.33. The van der Waals surface area contributed by atoms with Gasteiger partial charge in [0.05, 0.1) is 5.69 Å². The maximum absolute atomic E-state index is 4.14. The van der Waals surface area contributed by atoms with Crippen molar-refractivity contribution in [3.63, 3.8) is 0 Å². The van der Waals surface area contributed by atoms with Gasteiger partial charge in [-0.2, -0.15) is 10.2 Å². The molecule has 0 aliphatic heterocycles. The number of nitrogens with one attached hydrogen (secondary N) is 1. The fourth-order valence-electron chi connectivity index (χ4n) is 2.10. The van der Waals surface area contributed by atoms with E-state index in [1.54, 1.807) is 6.20 Å². The van der Waals surface area contributed by atoms with E-state index in [4.69, 9.17) is 0 Å². The van der Waals surface area contributed by atoms with Crippen LogP contribution in [-0.4, -0.2) is 15.2 Å². The minimum Gasteiger partial charge on any atom is -0.307 e.